The fraction of sp³-hybridized carbons (Fsp3) is 0. The molecule has 6 heteroatoms. The topological polar surface area (TPSA) is 69.9 Å². The third-order valence-electron chi connectivity index (χ3n) is 11.1. The molecule has 0 atom stereocenters. The van der Waals surface area contributed by atoms with Gasteiger partial charge in [0.1, 0.15) is 22.3 Å². The summed E-state index contributed by atoms with van der Waals surface area (Å²) >= 11 is 0. The quantitative estimate of drug-likeness (QED) is 0.176. The van der Waals surface area contributed by atoms with Crippen LogP contribution in [0.2, 0.25) is 0 Å². The van der Waals surface area contributed by atoms with E-state index in [-0.39, 0.29) is 0 Å². The lowest BCUT2D eigenvalue weighted by molar-refractivity contribution is 0.668. The van der Waals surface area contributed by atoms with Crippen LogP contribution in [0.15, 0.2) is 191 Å². The van der Waals surface area contributed by atoms with Gasteiger partial charge in [-0.1, -0.05) is 115 Å². The number of hydrogen-bond donors (Lipinski definition) is 0. The fourth-order valence-electron chi connectivity index (χ4n) is 8.42. The molecule has 6 nitrogen and oxygen atoms in total. The van der Waals surface area contributed by atoms with Crippen molar-refractivity contribution in [3.63, 3.8) is 0 Å². The Bertz CT molecular complexity index is 3410. The zero-order valence-corrected chi connectivity index (χ0v) is 30.4. The van der Waals surface area contributed by atoms with E-state index in [4.69, 9.17) is 23.8 Å². The van der Waals surface area contributed by atoms with E-state index >= 15 is 0 Å². The average molecular weight is 731 g/mol. The SMILES string of the molecule is c1ccc(-c2nc(-c3ccccc3)nc(-c3ccc4oc5cccc(-c6ccc7c(c6)oc6ccc(-n8c9ccccc9c9ccccc98)cc67)c5c4c3)n2)cc1. The van der Waals surface area contributed by atoms with Crippen molar-refractivity contribution in [1.29, 1.82) is 0 Å². The van der Waals surface area contributed by atoms with Gasteiger partial charge in [0.05, 0.1) is 11.0 Å². The summed E-state index contributed by atoms with van der Waals surface area (Å²) in [5, 5.41) is 6.65. The molecule has 8 aromatic carbocycles. The molecule has 0 amide bonds. The normalized spacial score (nSPS) is 11.9. The predicted molar refractivity (Wildman–Crippen MR) is 230 cm³/mol. The molecule has 0 unspecified atom stereocenters. The van der Waals surface area contributed by atoms with Crippen LogP contribution in [0.1, 0.15) is 0 Å². The van der Waals surface area contributed by atoms with Crippen LogP contribution in [0.5, 0.6) is 0 Å². The van der Waals surface area contributed by atoms with Crippen molar-refractivity contribution in [2.75, 3.05) is 0 Å². The van der Waals surface area contributed by atoms with Crippen molar-refractivity contribution >= 4 is 65.7 Å². The first-order valence-electron chi connectivity index (χ1n) is 19.0. The first-order chi connectivity index (χ1) is 28.2. The Balaban J connectivity index is 0.991. The molecule has 4 aromatic heterocycles. The first kappa shape index (κ1) is 31.5. The van der Waals surface area contributed by atoms with E-state index in [1.807, 2.05) is 84.9 Å². The van der Waals surface area contributed by atoms with Crippen LogP contribution in [0.25, 0.3) is 117 Å². The lowest BCUT2D eigenvalue weighted by Crippen LogP contribution is -2.00. The molecule has 4 heterocycles. The largest absolute Gasteiger partial charge is 0.456 e. The summed E-state index contributed by atoms with van der Waals surface area (Å²) in [7, 11) is 0. The van der Waals surface area contributed by atoms with Crippen LogP contribution in [0.4, 0.5) is 0 Å². The number of furan rings is 2. The predicted octanol–water partition coefficient (Wildman–Crippen LogP) is 13.4. The second-order valence-corrected chi connectivity index (χ2v) is 14.4. The molecule has 0 bridgehead atoms. The molecule has 0 N–H and O–H groups in total. The number of rotatable bonds is 5. The zero-order valence-electron chi connectivity index (χ0n) is 30.4. The van der Waals surface area contributed by atoms with Crippen LogP contribution < -0.4 is 0 Å². The minimum Gasteiger partial charge on any atom is -0.456 e. The third-order valence-corrected chi connectivity index (χ3v) is 11.1. The van der Waals surface area contributed by atoms with Gasteiger partial charge in [0.25, 0.3) is 0 Å². The Hall–Kier alpha value is -7.83. The molecule has 57 heavy (non-hydrogen) atoms. The number of benzene rings is 8. The highest BCUT2D eigenvalue weighted by molar-refractivity contribution is 6.15. The van der Waals surface area contributed by atoms with Gasteiger partial charge in [-0.3, -0.25) is 0 Å². The molecule has 0 aliphatic heterocycles. The van der Waals surface area contributed by atoms with Gasteiger partial charge in [-0.25, -0.2) is 15.0 Å². The Morgan fingerprint density at radius 1 is 0.333 bits per heavy atom. The maximum Gasteiger partial charge on any atom is 0.164 e. The van der Waals surface area contributed by atoms with Gasteiger partial charge in [-0.2, -0.15) is 0 Å². The van der Waals surface area contributed by atoms with Gasteiger partial charge in [-0.05, 0) is 77.9 Å². The monoisotopic (exact) mass is 730 g/mol. The zero-order chi connectivity index (χ0) is 37.5. The van der Waals surface area contributed by atoms with Gasteiger partial charge in [0.15, 0.2) is 17.5 Å². The van der Waals surface area contributed by atoms with Crippen molar-refractivity contribution < 1.29 is 8.83 Å². The van der Waals surface area contributed by atoms with Gasteiger partial charge >= 0.3 is 0 Å². The number of hydrogen-bond acceptors (Lipinski definition) is 5. The van der Waals surface area contributed by atoms with Crippen LogP contribution in [-0.2, 0) is 0 Å². The average Bonchev–Trinajstić information content (AvgIpc) is 3.95. The third kappa shape index (κ3) is 5.01. The van der Waals surface area contributed by atoms with Crippen molar-refractivity contribution in [2.45, 2.75) is 0 Å². The van der Waals surface area contributed by atoms with Gasteiger partial charge in [0, 0.05) is 54.7 Å². The lowest BCUT2D eigenvalue weighted by atomic mass is 9.97. The highest BCUT2D eigenvalue weighted by Crippen LogP contribution is 2.41. The second-order valence-electron chi connectivity index (χ2n) is 14.4. The van der Waals surface area contributed by atoms with E-state index < -0.39 is 0 Å². The Morgan fingerprint density at radius 2 is 0.912 bits per heavy atom. The molecular formula is C51H30N4O2. The van der Waals surface area contributed by atoms with Crippen molar-refractivity contribution in [2.24, 2.45) is 0 Å². The molecule has 0 aliphatic carbocycles. The van der Waals surface area contributed by atoms with Crippen LogP contribution in [0.3, 0.4) is 0 Å². The Morgan fingerprint density at radius 3 is 1.61 bits per heavy atom. The lowest BCUT2D eigenvalue weighted by Gasteiger charge is -2.09. The van der Waals surface area contributed by atoms with Gasteiger partial charge in [0.2, 0.25) is 0 Å². The summed E-state index contributed by atoms with van der Waals surface area (Å²) in [6, 6.07) is 62.7. The van der Waals surface area contributed by atoms with Crippen molar-refractivity contribution in [3.8, 4) is 51.0 Å². The van der Waals surface area contributed by atoms with Crippen LogP contribution in [0, 0.1) is 0 Å². The first-order valence-corrected chi connectivity index (χ1v) is 19.0. The highest BCUT2D eigenvalue weighted by Gasteiger charge is 2.19. The number of para-hydroxylation sites is 2. The molecular weight excluding hydrogens is 701 g/mol. The van der Waals surface area contributed by atoms with Gasteiger partial charge in [-0.15, -0.1) is 0 Å². The molecule has 0 aliphatic rings. The maximum absolute atomic E-state index is 6.56. The minimum absolute atomic E-state index is 0.598. The Labute approximate surface area is 325 Å². The number of fused-ring (bicyclic) bond motifs is 9. The minimum atomic E-state index is 0.598. The molecule has 0 spiro atoms. The molecule has 0 fully saturated rings. The number of nitrogens with zero attached hydrogens (tertiary/aromatic N) is 4. The molecule has 0 saturated carbocycles. The van der Waals surface area contributed by atoms with E-state index in [1.165, 1.54) is 21.8 Å². The van der Waals surface area contributed by atoms with Gasteiger partial charge < -0.3 is 13.4 Å². The summed E-state index contributed by atoms with van der Waals surface area (Å²) in [6.45, 7) is 0. The highest BCUT2D eigenvalue weighted by atomic mass is 16.3. The molecule has 12 aromatic rings. The molecule has 0 radical (unpaired) electrons. The molecule has 0 saturated heterocycles. The summed E-state index contributed by atoms with van der Waals surface area (Å²) in [5.74, 6) is 1.85. The van der Waals surface area contributed by atoms with Crippen molar-refractivity contribution in [1.82, 2.24) is 19.5 Å². The van der Waals surface area contributed by atoms with E-state index in [9.17, 15) is 0 Å². The van der Waals surface area contributed by atoms with Crippen LogP contribution in [-0.4, -0.2) is 19.5 Å². The molecule has 12 rings (SSSR count). The summed E-state index contributed by atoms with van der Waals surface area (Å²) in [6.07, 6.45) is 0. The summed E-state index contributed by atoms with van der Waals surface area (Å²) < 4.78 is 15.4. The summed E-state index contributed by atoms with van der Waals surface area (Å²) in [5.41, 5.74) is 11.6. The van der Waals surface area contributed by atoms with Crippen molar-refractivity contribution in [3.05, 3.63) is 182 Å². The maximum atomic E-state index is 6.56. The smallest absolute Gasteiger partial charge is 0.164 e. The van der Waals surface area contributed by atoms with E-state index in [0.29, 0.717) is 17.5 Å². The van der Waals surface area contributed by atoms with E-state index in [0.717, 1.165) is 77.4 Å². The van der Waals surface area contributed by atoms with E-state index in [2.05, 4.69) is 102 Å². The number of aromatic nitrogens is 4. The fourth-order valence-corrected chi connectivity index (χ4v) is 8.42. The summed E-state index contributed by atoms with van der Waals surface area (Å²) in [4.78, 5) is 14.9. The molecule has 266 valence electrons. The van der Waals surface area contributed by atoms with E-state index in [1.54, 1.807) is 0 Å². The Kier molecular flexibility index (Phi) is 6.83. The second kappa shape index (κ2) is 12.3. The standard InChI is InChI=1S/C51H30N4O2/c1-3-12-31(13-4-1)49-52-50(32-14-5-2-6-15-32)54-51(53-49)34-23-26-45-41(28-34)48-36(18-11-21-46(48)56-45)33-22-25-39-40-30-35(24-27-44(40)57-47(39)29-33)55-42-19-9-7-16-37(42)38-17-8-10-20-43(38)55/h1-30H. The van der Waals surface area contributed by atoms with Crippen LogP contribution >= 0.6 is 0 Å².